The quantitative estimate of drug-likeness (QED) is 0.843. The van der Waals surface area contributed by atoms with Crippen LogP contribution < -0.4 is 4.74 Å². The van der Waals surface area contributed by atoms with E-state index in [1.807, 2.05) is 24.3 Å². The number of carboxylic acid groups (broad SMARTS) is 1. The molecule has 8 heteroatoms. The molecular formula is C21H18F3NO4. The number of hydrogen-bond acceptors (Lipinski definition) is 3. The van der Waals surface area contributed by atoms with E-state index in [2.05, 4.69) is 4.74 Å². The molecule has 1 heterocycles. The van der Waals surface area contributed by atoms with Crippen molar-refractivity contribution in [3.63, 3.8) is 0 Å². The van der Waals surface area contributed by atoms with Crippen LogP contribution in [0.25, 0.3) is 0 Å². The Hall–Kier alpha value is -3.03. The van der Waals surface area contributed by atoms with Crippen molar-refractivity contribution in [3.8, 4) is 5.75 Å². The van der Waals surface area contributed by atoms with E-state index in [0.29, 0.717) is 18.4 Å². The minimum atomic E-state index is -4.79. The van der Waals surface area contributed by atoms with Gasteiger partial charge in [-0.05, 0) is 41.7 Å². The number of carbonyl (C=O) groups excluding carboxylic acids is 1. The van der Waals surface area contributed by atoms with Crippen molar-refractivity contribution in [2.45, 2.75) is 43.6 Å². The Morgan fingerprint density at radius 1 is 1.03 bits per heavy atom. The van der Waals surface area contributed by atoms with Crippen molar-refractivity contribution in [1.29, 1.82) is 0 Å². The Morgan fingerprint density at radius 3 is 2.21 bits per heavy atom. The van der Waals surface area contributed by atoms with Crippen molar-refractivity contribution in [2.75, 3.05) is 0 Å². The monoisotopic (exact) mass is 405 g/mol. The first-order valence-corrected chi connectivity index (χ1v) is 9.16. The SMILES string of the molecule is O=C(O)[C@@H]1Cc2ccccc2CN1C(=O)C1(c2ccc(OC(F)(F)F)cc2)CC1. The van der Waals surface area contributed by atoms with Gasteiger partial charge in [0.1, 0.15) is 11.8 Å². The van der Waals surface area contributed by atoms with Gasteiger partial charge < -0.3 is 14.7 Å². The highest BCUT2D eigenvalue weighted by Crippen LogP contribution is 2.51. The van der Waals surface area contributed by atoms with Gasteiger partial charge in [0.25, 0.3) is 0 Å². The smallest absolute Gasteiger partial charge is 0.480 e. The molecule has 4 rings (SSSR count). The Labute approximate surface area is 164 Å². The Kier molecular flexibility index (Phi) is 4.52. The van der Waals surface area contributed by atoms with E-state index in [-0.39, 0.29) is 24.6 Å². The van der Waals surface area contributed by atoms with Gasteiger partial charge in [0, 0.05) is 13.0 Å². The fourth-order valence-corrected chi connectivity index (χ4v) is 3.96. The molecule has 0 unspecified atom stereocenters. The second-order valence-electron chi connectivity index (χ2n) is 7.41. The van der Waals surface area contributed by atoms with Gasteiger partial charge in [0.05, 0.1) is 5.41 Å². The van der Waals surface area contributed by atoms with Gasteiger partial charge in [-0.15, -0.1) is 13.2 Å². The normalized spacial score (nSPS) is 20.0. The summed E-state index contributed by atoms with van der Waals surface area (Å²) in [7, 11) is 0. The van der Waals surface area contributed by atoms with E-state index in [4.69, 9.17) is 0 Å². The number of hydrogen-bond donors (Lipinski definition) is 1. The molecule has 2 aromatic rings. The first-order chi connectivity index (χ1) is 13.7. The topological polar surface area (TPSA) is 66.8 Å². The van der Waals surface area contributed by atoms with E-state index in [1.54, 1.807) is 0 Å². The summed E-state index contributed by atoms with van der Waals surface area (Å²) in [5.41, 5.74) is 1.49. The summed E-state index contributed by atoms with van der Waals surface area (Å²) >= 11 is 0. The van der Waals surface area contributed by atoms with Crippen LogP contribution in [-0.4, -0.2) is 34.3 Å². The zero-order chi connectivity index (χ0) is 20.8. The first kappa shape index (κ1) is 19.3. The third-order valence-corrected chi connectivity index (χ3v) is 5.59. The van der Waals surface area contributed by atoms with E-state index < -0.39 is 23.8 Å². The number of amides is 1. The molecule has 1 aliphatic heterocycles. The number of nitrogens with zero attached hydrogens (tertiary/aromatic N) is 1. The lowest BCUT2D eigenvalue weighted by atomic mass is 9.89. The maximum absolute atomic E-state index is 13.4. The van der Waals surface area contributed by atoms with Crippen LogP contribution in [0.5, 0.6) is 5.75 Å². The Balaban J connectivity index is 1.60. The third kappa shape index (κ3) is 3.66. The Morgan fingerprint density at radius 2 is 1.66 bits per heavy atom. The molecular weight excluding hydrogens is 387 g/mol. The molecule has 0 spiro atoms. The van der Waals surface area contributed by atoms with Gasteiger partial charge in [-0.2, -0.15) is 0 Å². The number of fused-ring (bicyclic) bond motifs is 1. The minimum Gasteiger partial charge on any atom is -0.480 e. The summed E-state index contributed by atoms with van der Waals surface area (Å²) < 4.78 is 41.0. The third-order valence-electron chi connectivity index (χ3n) is 5.59. The summed E-state index contributed by atoms with van der Waals surface area (Å²) in [5, 5.41) is 9.67. The predicted molar refractivity (Wildman–Crippen MR) is 96.2 cm³/mol. The van der Waals surface area contributed by atoms with Crippen molar-refractivity contribution < 1.29 is 32.6 Å². The van der Waals surface area contributed by atoms with Gasteiger partial charge in [-0.3, -0.25) is 4.79 Å². The van der Waals surface area contributed by atoms with Crippen LogP contribution in [0.1, 0.15) is 29.5 Å². The average Bonchev–Trinajstić information content (AvgIpc) is 3.47. The maximum Gasteiger partial charge on any atom is 0.573 e. The van der Waals surface area contributed by atoms with E-state index >= 15 is 0 Å². The fraction of sp³-hybridized carbons (Fsp3) is 0.333. The van der Waals surface area contributed by atoms with Crippen LogP contribution in [0.3, 0.4) is 0 Å². The molecule has 0 bridgehead atoms. The number of benzene rings is 2. The van der Waals surface area contributed by atoms with Gasteiger partial charge in [-0.1, -0.05) is 36.4 Å². The number of rotatable bonds is 4. The average molecular weight is 405 g/mol. The van der Waals surface area contributed by atoms with Gasteiger partial charge in [0.2, 0.25) is 5.91 Å². The van der Waals surface area contributed by atoms with Crippen molar-refractivity contribution in [2.24, 2.45) is 0 Å². The standard InChI is InChI=1S/C21H18F3NO4/c22-21(23,24)29-16-7-5-15(6-8-16)20(9-10-20)19(28)25-12-14-4-2-1-3-13(14)11-17(25)18(26)27/h1-8,17H,9-12H2,(H,26,27)/t17-/m0/s1. The Bertz CT molecular complexity index is 951. The molecule has 1 saturated carbocycles. The molecule has 0 saturated heterocycles. The number of carbonyl (C=O) groups is 2. The lowest BCUT2D eigenvalue weighted by molar-refractivity contribution is -0.274. The molecule has 1 amide bonds. The molecule has 1 atom stereocenters. The van der Waals surface area contributed by atoms with Crippen LogP contribution >= 0.6 is 0 Å². The fourth-order valence-electron chi connectivity index (χ4n) is 3.96. The highest BCUT2D eigenvalue weighted by atomic mass is 19.4. The summed E-state index contributed by atoms with van der Waals surface area (Å²) in [6, 6.07) is 11.7. The molecule has 1 fully saturated rings. The largest absolute Gasteiger partial charge is 0.573 e. The van der Waals surface area contributed by atoms with Crippen LogP contribution in [0.4, 0.5) is 13.2 Å². The summed E-state index contributed by atoms with van der Waals surface area (Å²) in [6.07, 6.45) is -3.51. The summed E-state index contributed by atoms with van der Waals surface area (Å²) in [5.74, 6) is -1.73. The molecule has 0 aromatic heterocycles. The second-order valence-corrected chi connectivity index (χ2v) is 7.41. The number of ether oxygens (including phenoxy) is 1. The molecule has 0 radical (unpaired) electrons. The second kappa shape index (κ2) is 6.79. The van der Waals surface area contributed by atoms with Crippen LogP contribution in [0, 0.1) is 0 Å². The van der Waals surface area contributed by atoms with E-state index in [0.717, 1.165) is 11.1 Å². The van der Waals surface area contributed by atoms with Gasteiger partial charge in [-0.25, -0.2) is 4.79 Å². The molecule has 1 N–H and O–H groups in total. The molecule has 152 valence electrons. The number of alkyl halides is 3. The van der Waals surface area contributed by atoms with Crippen LogP contribution in [-0.2, 0) is 28.0 Å². The van der Waals surface area contributed by atoms with Crippen molar-refractivity contribution in [3.05, 3.63) is 65.2 Å². The van der Waals surface area contributed by atoms with Gasteiger partial charge >= 0.3 is 12.3 Å². The van der Waals surface area contributed by atoms with Crippen LogP contribution in [0.15, 0.2) is 48.5 Å². The number of carboxylic acids is 1. The van der Waals surface area contributed by atoms with Gasteiger partial charge in [0.15, 0.2) is 0 Å². The minimum absolute atomic E-state index is 0.197. The highest BCUT2D eigenvalue weighted by molar-refractivity contribution is 5.94. The number of aliphatic carboxylic acids is 1. The van der Waals surface area contributed by atoms with Crippen LogP contribution in [0.2, 0.25) is 0 Å². The van der Waals surface area contributed by atoms with E-state index in [1.165, 1.54) is 29.2 Å². The summed E-state index contributed by atoms with van der Waals surface area (Å²) in [4.78, 5) is 26.6. The number of halogens is 3. The molecule has 2 aromatic carbocycles. The summed E-state index contributed by atoms with van der Waals surface area (Å²) in [6.45, 7) is 0.197. The zero-order valence-corrected chi connectivity index (χ0v) is 15.3. The van der Waals surface area contributed by atoms with Crippen molar-refractivity contribution in [1.82, 2.24) is 4.90 Å². The maximum atomic E-state index is 13.4. The molecule has 1 aliphatic carbocycles. The molecule has 5 nitrogen and oxygen atoms in total. The predicted octanol–water partition coefficient (Wildman–Crippen LogP) is 3.65. The van der Waals surface area contributed by atoms with Crippen molar-refractivity contribution >= 4 is 11.9 Å². The molecule has 29 heavy (non-hydrogen) atoms. The lowest BCUT2D eigenvalue weighted by Gasteiger charge is -2.37. The van der Waals surface area contributed by atoms with E-state index in [9.17, 15) is 27.9 Å². The molecule has 2 aliphatic rings. The zero-order valence-electron chi connectivity index (χ0n) is 15.3. The highest BCUT2D eigenvalue weighted by Gasteiger charge is 2.55. The lowest BCUT2D eigenvalue weighted by Crippen LogP contribution is -2.52. The first-order valence-electron chi connectivity index (χ1n) is 9.16.